The zero-order valence-corrected chi connectivity index (χ0v) is 19.3. The fourth-order valence-electron chi connectivity index (χ4n) is 3.14. The van der Waals surface area contributed by atoms with E-state index < -0.39 is 17.6 Å². The molecule has 0 atom stereocenters. The first-order valence-corrected chi connectivity index (χ1v) is 12.2. The molecule has 1 amide bonds. The average Bonchev–Trinajstić information content (AvgIpc) is 3.41. The Labute approximate surface area is 194 Å². The summed E-state index contributed by atoms with van der Waals surface area (Å²) in [5, 5.41) is 5.67. The van der Waals surface area contributed by atoms with E-state index in [4.69, 9.17) is 0 Å². The first-order valence-electron chi connectivity index (χ1n) is 9.30. The molecule has 0 aliphatic carbocycles. The van der Waals surface area contributed by atoms with Crippen molar-refractivity contribution in [1.82, 2.24) is 10.4 Å². The molecule has 3 heterocycles. The van der Waals surface area contributed by atoms with Crippen molar-refractivity contribution in [2.45, 2.75) is 18.0 Å². The largest absolute Gasteiger partial charge is 0.417 e. The smallest absolute Gasteiger partial charge is 0.266 e. The molecular formula is C22H16F3N3OS3. The second kappa shape index (κ2) is 9.05. The minimum Gasteiger partial charge on any atom is -0.266 e. The predicted molar refractivity (Wildman–Crippen MR) is 126 cm³/mol. The minimum absolute atomic E-state index is 0.0513. The molecular weight excluding hydrogens is 475 g/mol. The van der Waals surface area contributed by atoms with E-state index in [2.05, 4.69) is 15.5 Å². The lowest BCUT2D eigenvalue weighted by atomic mass is 10.1. The van der Waals surface area contributed by atoms with Crippen LogP contribution in [0.3, 0.4) is 0 Å². The Hall–Kier alpha value is -2.69. The number of hydrazone groups is 1. The average molecular weight is 492 g/mol. The quantitative estimate of drug-likeness (QED) is 0.189. The number of alkyl halides is 3. The molecule has 0 aliphatic rings. The molecule has 1 aromatic carbocycles. The molecule has 3 aromatic heterocycles. The molecule has 0 saturated heterocycles. The number of thioether (sulfide) groups is 1. The molecule has 0 aliphatic heterocycles. The first kappa shape index (κ1) is 22.5. The number of nitrogens with one attached hydrogen (secondary N) is 1. The summed E-state index contributed by atoms with van der Waals surface area (Å²) in [4.78, 5) is 19.1. The summed E-state index contributed by atoms with van der Waals surface area (Å²) in [6.45, 7) is 1.50. The molecule has 4 nitrogen and oxygen atoms in total. The van der Waals surface area contributed by atoms with Crippen molar-refractivity contribution < 1.29 is 18.0 Å². The van der Waals surface area contributed by atoms with Gasteiger partial charge in [-0.1, -0.05) is 18.2 Å². The number of hydrogen-bond donors (Lipinski definition) is 1. The van der Waals surface area contributed by atoms with Gasteiger partial charge in [0.15, 0.2) is 0 Å². The Balaban J connectivity index is 1.67. The third-order valence-corrected chi connectivity index (χ3v) is 7.50. The molecule has 32 heavy (non-hydrogen) atoms. The predicted octanol–water partition coefficient (Wildman–Crippen LogP) is 6.84. The van der Waals surface area contributed by atoms with E-state index in [9.17, 15) is 18.0 Å². The third kappa shape index (κ3) is 4.57. The van der Waals surface area contributed by atoms with Crippen molar-refractivity contribution in [2.24, 2.45) is 5.10 Å². The van der Waals surface area contributed by atoms with E-state index in [-0.39, 0.29) is 26.4 Å². The van der Waals surface area contributed by atoms with Gasteiger partial charge in [0.25, 0.3) is 5.91 Å². The van der Waals surface area contributed by atoms with E-state index in [0.717, 1.165) is 27.9 Å². The number of carbonyl (C=O) groups is 1. The summed E-state index contributed by atoms with van der Waals surface area (Å²) in [5.74, 6) is -0.576. The van der Waals surface area contributed by atoms with Gasteiger partial charge in [-0.25, -0.2) is 10.4 Å². The summed E-state index contributed by atoms with van der Waals surface area (Å²) in [5.41, 5.74) is 2.87. The Morgan fingerprint density at radius 3 is 2.59 bits per heavy atom. The maximum Gasteiger partial charge on any atom is 0.417 e. The lowest BCUT2D eigenvalue weighted by Crippen LogP contribution is -2.17. The highest BCUT2D eigenvalue weighted by Gasteiger charge is 2.36. The molecule has 0 unspecified atom stereocenters. The van der Waals surface area contributed by atoms with Gasteiger partial charge in [0, 0.05) is 10.3 Å². The number of pyridine rings is 1. The van der Waals surface area contributed by atoms with Crippen LogP contribution in [0.4, 0.5) is 13.2 Å². The van der Waals surface area contributed by atoms with Gasteiger partial charge >= 0.3 is 6.18 Å². The fraction of sp³-hybridized carbons (Fsp3) is 0.136. The van der Waals surface area contributed by atoms with Gasteiger partial charge in [-0.3, -0.25) is 4.79 Å². The standard InChI is InChI=1S/C22H16F3N3OS3/c1-12-18-15(22(23,24)25)10-16(17-4-3-9-31-17)27-21(18)32-19(12)20(29)28-26-11-13-5-7-14(30-2)8-6-13/h3-11H,1-2H3,(H,28,29)/b26-11-. The zero-order valence-electron chi connectivity index (χ0n) is 16.9. The highest BCUT2D eigenvalue weighted by Crippen LogP contribution is 2.42. The Bertz CT molecular complexity index is 1290. The molecule has 4 aromatic rings. The fourth-order valence-corrected chi connectivity index (χ4v) is 5.33. The second-order valence-electron chi connectivity index (χ2n) is 6.74. The van der Waals surface area contributed by atoms with Crippen molar-refractivity contribution in [3.05, 3.63) is 69.4 Å². The van der Waals surface area contributed by atoms with E-state index in [1.807, 2.05) is 30.5 Å². The number of nitrogens with zero attached hydrogens (tertiary/aromatic N) is 2. The van der Waals surface area contributed by atoms with Crippen LogP contribution < -0.4 is 5.43 Å². The van der Waals surface area contributed by atoms with Gasteiger partial charge in [0.2, 0.25) is 0 Å². The van der Waals surface area contributed by atoms with Gasteiger partial charge in [-0.2, -0.15) is 18.3 Å². The monoisotopic (exact) mass is 491 g/mol. The molecule has 0 radical (unpaired) electrons. The van der Waals surface area contributed by atoms with Gasteiger partial charge in [0.05, 0.1) is 27.2 Å². The Morgan fingerprint density at radius 1 is 1.22 bits per heavy atom. The van der Waals surface area contributed by atoms with E-state index in [1.165, 1.54) is 24.5 Å². The van der Waals surface area contributed by atoms with Crippen molar-refractivity contribution >= 4 is 56.8 Å². The summed E-state index contributed by atoms with van der Waals surface area (Å²) >= 11 is 3.85. The van der Waals surface area contributed by atoms with Crippen molar-refractivity contribution in [1.29, 1.82) is 0 Å². The maximum atomic E-state index is 13.8. The van der Waals surface area contributed by atoms with Gasteiger partial charge in [0.1, 0.15) is 4.83 Å². The summed E-state index contributed by atoms with van der Waals surface area (Å²) in [7, 11) is 0. The normalized spacial score (nSPS) is 12.0. The van der Waals surface area contributed by atoms with Crippen molar-refractivity contribution in [3.8, 4) is 10.6 Å². The number of hydrogen-bond acceptors (Lipinski definition) is 6. The van der Waals surface area contributed by atoms with Gasteiger partial charge in [-0.15, -0.1) is 34.4 Å². The molecule has 10 heteroatoms. The number of carbonyl (C=O) groups excluding carboxylic acids is 1. The number of aryl methyl sites for hydroxylation is 1. The number of thiophene rings is 2. The van der Waals surface area contributed by atoms with Gasteiger partial charge < -0.3 is 0 Å². The van der Waals surface area contributed by atoms with E-state index in [0.29, 0.717) is 4.88 Å². The minimum atomic E-state index is -4.58. The van der Waals surface area contributed by atoms with Crippen molar-refractivity contribution in [3.63, 3.8) is 0 Å². The molecule has 4 rings (SSSR count). The molecule has 0 fully saturated rings. The number of rotatable bonds is 5. The highest BCUT2D eigenvalue weighted by atomic mass is 32.2. The number of halogens is 3. The topological polar surface area (TPSA) is 54.4 Å². The molecule has 0 bridgehead atoms. The molecule has 0 saturated carbocycles. The molecule has 164 valence electrons. The van der Waals surface area contributed by atoms with Crippen LogP contribution in [0.2, 0.25) is 0 Å². The third-order valence-electron chi connectivity index (χ3n) is 4.68. The van der Waals surface area contributed by atoms with Gasteiger partial charge in [-0.05, 0) is 54.0 Å². The van der Waals surface area contributed by atoms with Crippen LogP contribution >= 0.6 is 34.4 Å². The Kier molecular flexibility index (Phi) is 6.36. The highest BCUT2D eigenvalue weighted by molar-refractivity contribution is 7.98. The maximum absolute atomic E-state index is 13.8. The van der Waals surface area contributed by atoms with Crippen LogP contribution in [0, 0.1) is 6.92 Å². The Morgan fingerprint density at radius 2 is 1.97 bits per heavy atom. The molecule has 1 N–H and O–H groups in total. The zero-order chi connectivity index (χ0) is 22.9. The van der Waals surface area contributed by atoms with Crippen LogP contribution in [0.25, 0.3) is 20.8 Å². The summed E-state index contributed by atoms with van der Waals surface area (Å²) in [6.07, 6.45) is -1.12. The molecule has 0 spiro atoms. The van der Waals surface area contributed by atoms with Crippen LogP contribution in [-0.2, 0) is 6.18 Å². The lowest BCUT2D eigenvalue weighted by molar-refractivity contribution is -0.136. The van der Waals surface area contributed by atoms with E-state index in [1.54, 1.807) is 29.3 Å². The van der Waals surface area contributed by atoms with Crippen LogP contribution in [0.5, 0.6) is 0 Å². The summed E-state index contributed by atoms with van der Waals surface area (Å²) < 4.78 is 41.5. The first-order chi connectivity index (χ1) is 15.3. The van der Waals surface area contributed by atoms with E-state index >= 15 is 0 Å². The van der Waals surface area contributed by atoms with Crippen LogP contribution in [0.15, 0.2) is 57.8 Å². The number of aromatic nitrogens is 1. The van der Waals surface area contributed by atoms with Crippen LogP contribution in [0.1, 0.15) is 26.4 Å². The number of fused-ring (bicyclic) bond motifs is 1. The SMILES string of the molecule is CSc1ccc(/C=N\NC(=O)c2sc3nc(-c4cccs4)cc(C(F)(F)F)c3c2C)cc1. The summed E-state index contributed by atoms with van der Waals surface area (Å²) in [6, 6.07) is 12.1. The number of benzene rings is 1. The van der Waals surface area contributed by atoms with Crippen LogP contribution in [-0.4, -0.2) is 23.4 Å². The van der Waals surface area contributed by atoms with Crippen molar-refractivity contribution in [2.75, 3.05) is 6.26 Å². The number of amides is 1. The lowest BCUT2D eigenvalue weighted by Gasteiger charge is -2.10. The second-order valence-corrected chi connectivity index (χ2v) is 9.57.